The van der Waals surface area contributed by atoms with E-state index in [2.05, 4.69) is 18.0 Å². The Morgan fingerprint density at radius 2 is 1.91 bits per heavy atom. The summed E-state index contributed by atoms with van der Waals surface area (Å²) in [6, 6.07) is 19.3. The second-order valence-electron chi connectivity index (χ2n) is 7.56. The number of imidazole rings is 1. The van der Waals surface area contributed by atoms with Gasteiger partial charge in [0.2, 0.25) is 0 Å². The van der Waals surface area contributed by atoms with Crippen LogP contribution >= 0.6 is 23.4 Å². The van der Waals surface area contributed by atoms with Crippen molar-refractivity contribution in [3.05, 3.63) is 76.6 Å². The Kier molecular flexibility index (Phi) is 6.43. The van der Waals surface area contributed by atoms with Crippen LogP contribution in [0.2, 0.25) is 5.02 Å². The number of nitriles is 1. The van der Waals surface area contributed by atoms with E-state index in [0.29, 0.717) is 21.9 Å². The highest BCUT2D eigenvalue weighted by molar-refractivity contribution is 7.99. The summed E-state index contributed by atoms with van der Waals surface area (Å²) in [5.74, 6) is 1.44. The number of nitrogens with one attached hydrogen (secondary N) is 1. The number of aliphatic hydroxyl groups excluding tert-OH is 1. The number of fused-ring (bicyclic) bond motifs is 1. The Morgan fingerprint density at radius 1 is 1.19 bits per heavy atom. The summed E-state index contributed by atoms with van der Waals surface area (Å²) in [5, 5.41) is 21.1. The molecule has 0 saturated heterocycles. The number of H-pyrrole nitrogens is 1. The number of hydrogen-bond donors (Lipinski definition) is 2. The van der Waals surface area contributed by atoms with E-state index >= 15 is 0 Å². The fourth-order valence-corrected chi connectivity index (χ4v) is 4.77. The van der Waals surface area contributed by atoms with Crippen LogP contribution in [0.25, 0.3) is 22.2 Å². The first-order valence-corrected chi connectivity index (χ1v) is 11.6. The third-order valence-corrected chi connectivity index (χ3v) is 6.44. The van der Waals surface area contributed by atoms with Gasteiger partial charge < -0.3 is 15.0 Å². The third kappa shape index (κ3) is 4.07. The second kappa shape index (κ2) is 9.25. The molecule has 32 heavy (non-hydrogen) atoms. The van der Waals surface area contributed by atoms with E-state index in [0.717, 1.165) is 38.5 Å². The molecular weight excluding hydrogens is 440 g/mol. The van der Waals surface area contributed by atoms with Gasteiger partial charge in [-0.05, 0) is 35.6 Å². The lowest BCUT2D eigenvalue weighted by molar-refractivity contribution is 0.211. The Morgan fingerprint density at radius 3 is 2.56 bits per heavy atom. The van der Waals surface area contributed by atoms with Crippen LogP contribution in [0.5, 0.6) is 0 Å². The molecule has 3 aromatic carbocycles. The maximum atomic E-state index is 11.0. The lowest BCUT2D eigenvalue weighted by Crippen LogP contribution is -2.11. The number of aliphatic hydroxyl groups is 1. The van der Waals surface area contributed by atoms with E-state index in [1.54, 1.807) is 23.9 Å². The van der Waals surface area contributed by atoms with Crippen LogP contribution in [-0.4, -0.2) is 34.9 Å². The standard InChI is InChI=1S/C25H23ClN4OS/c1-4-32-17-11-9-15(10-12-17)24(31)25-28-20-13-19(26)21(23(30(2)3)22(20)29-25)18-8-6-5-7-16(18)14-27/h5-13,24,31H,4H2,1-3H3,(H,28,29). The van der Waals surface area contributed by atoms with Crippen molar-refractivity contribution >= 4 is 40.1 Å². The van der Waals surface area contributed by atoms with Crippen molar-refractivity contribution in [2.24, 2.45) is 0 Å². The lowest BCUT2D eigenvalue weighted by Gasteiger charge is -2.20. The summed E-state index contributed by atoms with van der Waals surface area (Å²) < 4.78 is 0. The van der Waals surface area contributed by atoms with E-state index in [-0.39, 0.29) is 0 Å². The molecule has 2 N–H and O–H groups in total. The minimum atomic E-state index is -0.897. The van der Waals surface area contributed by atoms with Crippen LogP contribution in [0.3, 0.4) is 0 Å². The number of aromatic nitrogens is 2. The molecule has 0 fully saturated rings. The predicted octanol–water partition coefficient (Wildman–Crippen LogP) is 6.01. The van der Waals surface area contributed by atoms with E-state index in [9.17, 15) is 10.4 Å². The van der Waals surface area contributed by atoms with Gasteiger partial charge in [0.15, 0.2) is 0 Å². The molecule has 0 bridgehead atoms. The average molecular weight is 463 g/mol. The minimum Gasteiger partial charge on any atom is -0.380 e. The molecule has 0 saturated carbocycles. The largest absolute Gasteiger partial charge is 0.380 e. The molecule has 1 aromatic heterocycles. The zero-order valence-electron chi connectivity index (χ0n) is 18.1. The van der Waals surface area contributed by atoms with Gasteiger partial charge in [-0.2, -0.15) is 5.26 Å². The topological polar surface area (TPSA) is 75.9 Å². The average Bonchev–Trinajstić information content (AvgIpc) is 3.21. The van der Waals surface area contributed by atoms with Gasteiger partial charge in [-0.1, -0.05) is 48.9 Å². The van der Waals surface area contributed by atoms with Crippen LogP contribution in [0, 0.1) is 11.3 Å². The SMILES string of the molecule is CCSc1ccc(C(O)c2nc3c(N(C)C)c(-c4ccccc4C#N)c(Cl)cc3[nH]2)cc1. The van der Waals surface area contributed by atoms with E-state index in [4.69, 9.17) is 16.6 Å². The molecular formula is C25H23ClN4OS. The monoisotopic (exact) mass is 462 g/mol. The van der Waals surface area contributed by atoms with Gasteiger partial charge in [0.25, 0.3) is 0 Å². The molecule has 162 valence electrons. The maximum Gasteiger partial charge on any atom is 0.140 e. The first kappa shape index (κ1) is 22.2. The van der Waals surface area contributed by atoms with Crippen LogP contribution in [0.1, 0.15) is 30.0 Å². The first-order chi connectivity index (χ1) is 15.4. The van der Waals surface area contributed by atoms with E-state index in [1.807, 2.05) is 61.5 Å². The molecule has 4 aromatic rings. The molecule has 0 aliphatic carbocycles. The predicted molar refractivity (Wildman–Crippen MR) is 132 cm³/mol. The molecule has 0 spiro atoms. The highest BCUT2D eigenvalue weighted by Gasteiger charge is 2.23. The molecule has 0 aliphatic heterocycles. The van der Waals surface area contributed by atoms with Gasteiger partial charge in [-0.25, -0.2) is 4.98 Å². The van der Waals surface area contributed by atoms with Crippen molar-refractivity contribution in [1.29, 1.82) is 5.26 Å². The van der Waals surface area contributed by atoms with Crippen molar-refractivity contribution in [3.63, 3.8) is 0 Å². The Hall–Kier alpha value is -2.98. The third-order valence-electron chi connectivity index (χ3n) is 5.25. The molecule has 4 rings (SSSR count). The zero-order valence-corrected chi connectivity index (χ0v) is 19.6. The summed E-state index contributed by atoms with van der Waals surface area (Å²) in [6.45, 7) is 2.11. The molecule has 5 nitrogen and oxygen atoms in total. The minimum absolute atomic E-state index is 0.445. The number of benzene rings is 3. The van der Waals surface area contributed by atoms with Crippen LogP contribution < -0.4 is 4.90 Å². The molecule has 0 radical (unpaired) electrons. The van der Waals surface area contributed by atoms with Crippen molar-refractivity contribution < 1.29 is 5.11 Å². The smallest absolute Gasteiger partial charge is 0.140 e. The molecule has 0 aliphatic rings. The van der Waals surface area contributed by atoms with Gasteiger partial charge in [-0.15, -0.1) is 11.8 Å². The van der Waals surface area contributed by atoms with Crippen LogP contribution in [-0.2, 0) is 0 Å². The van der Waals surface area contributed by atoms with Gasteiger partial charge in [-0.3, -0.25) is 0 Å². The quantitative estimate of drug-likeness (QED) is 0.343. The highest BCUT2D eigenvalue weighted by atomic mass is 35.5. The molecule has 1 atom stereocenters. The lowest BCUT2D eigenvalue weighted by atomic mass is 9.97. The van der Waals surface area contributed by atoms with Crippen LogP contribution in [0.15, 0.2) is 59.5 Å². The number of aromatic amines is 1. The summed E-state index contributed by atoms with van der Waals surface area (Å²) >= 11 is 8.48. The number of halogens is 1. The van der Waals surface area contributed by atoms with Crippen molar-refractivity contribution in [3.8, 4) is 17.2 Å². The van der Waals surface area contributed by atoms with Crippen molar-refractivity contribution in [2.45, 2.75) is 17.9 Å². The van der Waals surface area contributed by atoms with Crippen LogP contribution in [0.4, 0.5) is 5.69 Å². The summed E-state index contributed by atoms with van der Waals surface area (Å²) in [6.07, 6.45) is -0.897. The van der Waals surface area contributed by atoms with Crippen molar-refractivity contribution in [1.82, 2.24) is 9.97 Å². The van der Waals surface area contributed by atoms with E-state index in [1.165, 1.54) is 0 Å². The molecule has 1 unspecified atom stereocenters. The molecule has 0 amide bonds. The second-order valence-corrected chi connectivity index (χ2v) is 9.30. The van der Waals surface area contributed by atoms with E-state index < -0.39 is 6.10 Å². The highest BCUT2D eigenvalue weighted by Crippen LogP contribution is 2.43. The molecule has 1 heterocycles. The Bertz CT molecular complexity index is 1310. The summed E-state index contributed by atoms with van der Waals surface area (Å²) in [7, 11) is 3.83. The number of nitrogens with zero attached hydrogens (tertiary/aromatic N) is 3. The zero-order chi connectivity index (χ0) is 22.8. The fraction of sp³-hybridized carbons (Fsp3) is 0.200. The normalized spacial score (nSPS) is 12.0. The first-order valence-electron chi connectivity index (χ1n) is 10.2. The Balaban J connectivity index is 1.86. The van der Waals surface area contributed by atoms with Gasteiger partial charge in [0, 0.05) is 30.1 Å². The van der Waals surface area contributed by atoms with Gasteiger partial charge in [0.05, 0.1) is 27.9 Å². The fourth-order valence-electron chi connectivity index (χ4n) is 3.81. The number of anilines is 1. The summed E-state index contributed by atoms with van der Waals surface area (Å²) in [4.78, 5) is 11.1. The molecule has 7 heteroatoms. The number of thioether (sulfide) groups is 1. The number of hydrogen-bond acceptors (Lipinski definition) is 5. The Labute approximate surface area is 196 Å². The summed E-state index contributed by atoms with van der Waals surface area (Å²) in [5.41, 5.74) is 5.00. The van der Waals surface area contributed by atoms with Gasteiger partial charge >= 0.3 is 0 Å². The number of rotatable bonds is 6. The maximum absolute atomic E-state index is 11.0. The van der Waals surface area contributed by atoms with Gasteiger partial charge in [0.1, 0.15) is 17.4 Å². The van der Waals surface area contributed by atoms with Crippen molar-refractivity contribution in [2.75, 3.05) is 24.7 Å².